The predicted molar refractivity (Wildman–Crippen MR) is 107 cm³/mol. The van der Waals surface area contributed by atoms with Crippen LogP contribution < -0.4 is 10.6 Å². The lowest BCUT2D eigenvalue weighted by atomic mass is 10.1. The standard InChI is InChI=1S/C18H18Cl2N2O2S/c1-2-12-3-5-13(6-4-12)21-17(23)10-25-11-18(24)22-14-7-8-15(19)16(20)9-14/h3-9H,2,10-11H2,1H3,(H,21,23)(H,22,24). The van der Waals surface area contributed by atoms with Gasteiger partial charge in [0.1, 0.15) is 0 Å². The Morgan fingerprint density at radius 1 is 0.880 bits per heavy atom. The zero-order chi connectivity index (χ0) is 18.2. The van der Waals surface area contributed by atoms with Gasteiger partial charge in [-0.3, -0.25) is 9.59 Å². The molecule has 0 aliphatic carbocycles. The Labute approximate surface area is 161 Å². The molecule has 0 aromatic heterocycles. The molecule has 0 saturated carbocycles. The monoisotopic (exact) mass is 396 g/mol. The van der Waals surface area contributed by atoms with E-state index in [1.54, 1.807) is 18.2 Å². The second kappa shape index (κ2) is 9.70. The molecule has 0 saturated heterocycles. The van der Waals surface area contributed by atoms with Crippen molar-refractivity contribution in [2.24, 2.45) is 0 Å². The number of thioether (sulfide) groups is 1. The Kier molecular flexibility index (Phi) is 7.62. The topological polar surface area (TPSA) is 58.2 Å². The number of benzene rings is 2. The van der Waals surface area contributed by atoms with Crippen molar-refractivity contribution in [3.63, 3.8) is 0 Å². The Balaban J connectivity index is 1.72. The smallest absolute Gasteiger partial charge is 0.234 e. The highest BCUT2D eigenvalue weighted by Crippen LogP contribution is 2.25. The fraction of sp³-hybridized carbons (Fsp3) is 0.222. The largest absolute Gasteiger partial charge is 0.325 e. The molecule has 0 heterocycles. The van der Waals surface area contributed by atoms with E-state index in [4.69, 9.17) is 23.2 Å². The fourth-order valence-electron chi connectivity index (χ4n) is 2.03. The van der Waals surface area contributed by atoms with Crippen LogP contribution in [0.2, 0.25) is 10.0 Å². The summed E-state index contributed by atoms with van der Waals surface area (Å²) in [6, 6.07) is 12.6. The summed E-state index contributed by atoms with van der Waals surface area (Å²) in [6.45, 7) is 2.08. The summed E-state index contributed by atoms with van der Waals surface area (Å²) in [6.07, 6.45) is 0.956. The Hall–Kier alpha value is -1.69. The van der Waals surface area contributed by atoms with Crippen LogP contribution in [-0.4, -0.2) is 23.3 Å². The van der Waals surface area contributed by atoms with E-state index < -0.39 is 0 Å². The number of anilines is 2. The third kappa shape index (κ3) is 6.61. The average molecular weight is 397 g/mol. The van der Waals surface area contributed by atoms with Crippen LogP contribution in [0.4, 0.5) is 11.4 Å². The fourth-order valence-corrected chi connectivity index (χ4v) is 2.94. The molecule has 0 spiro atoms. The van der Waals surface area contributed by atoms with Gasteiger partial charge in [-0.1, -0.05) is 42.3 Å². The van der Waals surface area contributed by atoms with Gasteiger partial charge in [0.05, 0.1) is 21.6 Å². The minimum absolute atomic E-state index is 0.142. The zero-order valence-corrected chi connectivity index (χ0v) is 16.0. The Bertz CT molecular complexity index is 751. The SMILES string of the molecule is CCc1ccc(NC(=O)CSCC(=O)Nc2ccc(Cl)c(Cl)c2)cc1. The first-order valence-electron chi connectivity index (χ1n) is 7.69. The molecule has 2 amide bonds. The highest BCUT2D eigenvalue weighted by atomic mass is 35.5. The van der Waals surface area contributed by atoms with Crippen molar-refractivity contribution in [1.29, 1.82) is 0 Å². The van der Waals surface area contributed by atoms with Crippen LogP contribution in [0.25, 0.3) is 0 Å². The van der Waals surface area contributed by atoms with Gasteiger partial charge in [0.2, 0.25) is 11.8 Å². The first-order chi connectivity index (χ1) is 12.0. The van der Waals surface area contributed by atoms with E-state index in [2.05, 4.69) is 17.6 Å². The molecule has 0 aliphatic heterocycles. The van der Waals surface area contributed by atoms with Crippen LogP contribution in [0.3, 0.4) is 0 Å². The summed E-state index contributed by atoms with van der Waals surface area (Å²) >= 11 is 13.0. The van der Waals surface area contributed by atoms with Gasteiger partial charge in [-0.2, -0.15) is 0 Å². The van der Waals surface area contributed by atoms with E-state index in [0.717, 1.165) is 12.1 Å². The lowest BCUT2D eigenvalue weighted by Crippen LogP contribution is -2.18. The van der Waals surface area contributed by atoms with Crippen molar-refractivity contribution in [3.8, 4) is 0 Å². The normalized spacial score (nSPS) is 10.4. The number of carbonyl (C=O) groups is 2. The number of carbonyl (C=O) groups excluding carboxylic acids is 2. The molecule has 2 N–H and O–H groups in total. The van der Waals surface area contributed by atoms with E-state index in [1.807, 2.05) is 24.3 Å². The minimum Gasteiger partial charge on any atom is -0.325 e. The van der Waals surface area contributed by atoms with Crippen LogP contribution in [0.5, 0.6) is 0 Å². The van der Waals surface area contributed by atoms with Crippen molar-refractivity contribution >= 4 is 58.2 Å². The van der Waals surface area contributed by atoms with Crippen LogP contribution in [0.1, 0.15) is 12.5 Å². The lowest BCUT2D eigenvalue weighted by molar-refractivity contribution is -0.114. The number of hydrogen-bond donors (Lipinski definition) is 2. The second-order valence-electron chi connectivity index (χ2n) is 5.27. The molecule has 0 fully saturated rings. The molecule has 25 heavy (non-hydrogen) atoms. The van der Waals surface area contributed by atoms with Gasteiger partial charge in [-0.25, -0.2) is 0 Å². The van der Waals surface area contributed by atoms with E-state index in [0.29, 0.717) is 15.7 Å². The molecule has 0 unspecified atom stereocenters. The van der Waals surface area contributed by atoms with Gasteiger partial charge >= 0.3 is 0 Å². The Morgan fingerprint density at radius 3 is 2.00 bits per heavy atom. The molecular weight excluding hydrogens is 379 g/mol. The number of rotatable bonds is 7. The number of halogens is 2. The quantitative estimate of drug-likeness (QED) is 0.701. The van der Waals surface area contributed by atoms with E-state index in [1.165, 1.54) is 17.3 Å². The highest BCUT2D eigenvalue weighted by molar-refractivity contribution is 8.00. The summed E-state index contributed by atoms with van der Waals surface area (Å²) in [5, 5.41) is 6.32. The van der Waals surface area contributed by atoms with Crippen molar-refractivity contribution in [2.75, 3.05) is 22.1 Å². The third-order valence-electron chi connectivity index (χ3n) is 3.32. The summed E-state index contributed by atoms with van der Waals surface area (Å²) in [7, 11) is 0. The number of amides is 2. The first kappa shape index (κ1) is 19.6. The van der Waals surface area contributed by atoms with Crippen molar-refractivity contribution < 1.29 is 9.59 Å². The van der Waals surface area contributed by atoms with Gasteiger partial charge in [-0.15, -0.1) is 11.8 Å². The van der Waals surface area contributed by atoms with Gasteiger partial charge in [-0.05, 0) is 42.3 Å². The summed E-state index contributed by atoms with van der Waals surface area (Å²) < 4.78 is 0. The molecular formula is C18H18Cl2N2O2S. The molecule has 2 rings (SSSR count). The molecule has 0 aliphatic rings. The second-order valence-corrected chi connectivity index (χ2v) is 7.07. The molecule has 0 radical (unpaired) electrons. The summed E-state index contributed by atoms with van der Waals surface area (Å²) in [5.41, 5.74) is 2.54. The summed E-state index contributed by atoms with van der Waals surface area (Å²) in [5.74, 6) is 0.0207. The average Bonchev–Trinajstić information content (AvgIpc) is 2.59. The number of nitrogens with one attached hydrogen (secondary N) is 2. The summed E-state index contributed by atoms with van der Waals surface area (Å²) in [4.78, 5) is 23.8. The molecule has 132 valence electrons. The van der Waals surface area contributed by atoms with Gasteiger partial charge in [0.25, 0.3) is 0 Å². The highest BCUT2D eigenvalue weighted by Gasteiger charge is 2.08. The molecule has 2 aromatic carbocycles. The van der Waals surface area contributed by atoms with E-state index >= 15 is 0 Å². The Morgan fingerprint density at radius 2 is 1.44 bits per heavy atom. The molecule has 4 nitrogen and oxygen atoms in total. The first-order valence-corrected chi connectivity index (χ1v) is 9.60. The van der Waals surface area contributed by atoms with Gasteiger partial charge in [0.15, 0.2) is 0 Å². The van der Waals surface area contributed by atoms with Crippen LogP contribution in [0.15, 0.2) is 42.5 Å². The molecule has 0 atom stereocenters. The molecule has 0 bridgehead atoms. The third-order valence-corrected chi connectivity index (χ3v) is 4.99. The number of hydrogen-bond acceptors (Lipinski definition) is 3. The van der Waals surface area contributed by atoms with Crippen molar-refractivity contribution in [3.05, 3.63) is 58.1 Å². The lowest BCUT2D eigenvalue weighted by Gasteiger charge is -2.07. The maximum atomic E-state index is 11.9. The van der Waals surface area contributed by atoms with E-state index in [9.17, 15) is 9.59 Å². The number of aryl methyl sites for hydroxylation is 1. The van der Waals surface area contributed by atoms with E-state index in [-0.39, 0.29) is 23.3 Å². The van der Waals surface area contributed by atoms with Crippen LogP contribution in [-0.2, 0) is 16.0 Å². The predicted octanol–water partition coefficient (Wildman–Crippen LogP) is 4.87. The molecule has 7 heteroatoms. The molecule has 2 aromatic rings. The van der Waals surface area contributed by atoms with Crippen molar-refractivity contribution in [2.45, 2.75) is 13.3 Å². The maximum absolute atomic E-state index is 11.9. The minimum atomic E-state index is -0.205. The zero-order valence-electron chi connectivity index (χ0n) is 13.6. The van der Waals surface area contributed by atoms with Gasteiger partial charge < -0.3 is 10.6 Å². The van der Waals surface area contributed by atoms with Gasteiger partial charge in [0, 0.05) is 11.4 Å². The van der Waals surface area contributed by atoms with Crippen LogP contribution >= 0.6 is 35.0 Å². The van der Waals surface area contributed by atoms with Crippen LogP contribution in [0, 0.1) is 0 Å². The maximum Gasteiger partial charge on any atom is 0.234 e. The van der Waals surface area contributed by atoms with Crippen molar-refractivity contribution in [1.82, 2.24) is 0 Å².